The summed E-state index contributed by atoms with van der Waals surface area (Å²) in [5.74, 6) is 0.821. The Labute approximate surface area is 149 Å². The normalized spacial score (nSPS) is 10.4. The van der Waals surface area contributed by atoms with Gasteiger partial charge in [-0.3, -0.25) is 4.79 Å². The van der Waals surface area contributed by atoms with Gasteiger partial charge in [-0.25, -0.2) is 4.98 Å². The third kappa shape index (κ3) is 4.57. The lowest BCUT2D eigenvalue weighted by molar-refractivity contribution is -0.115. The zero-order valence-corrected chi connectivity index (χ0v) is 14.3. The predicted octanol–water partition coefficient (Wildman–Crippen LogP) is 4.56. The summed E-state index contributed by atoms with van der Waals surface area (Å²) < 4.78 is 5.78. The van der Waals surface area contributed by atoms with Crippen molar-refractivity contribution in [2.75, 3.05) is 5.32 Å². The van der Waals surface area contributed by atoms with Gasteiger partial charge in [-0.15, -0.1) is 11.3 Å². The summed E-state index contributed by atoms with van der Waals surface area (Å²) in [6, 6.07) is 14.8. The highest BCUT2D eigenvalue weighted by Crippen LogP contribution is 2.23. The standard InChI is InChI=1S/C18H15ClN2O2S/c19-14-5-1-4-13(10-14)12-23-16-7-2-8-20-18(16)21-17(22)11-15-6-3-9-24-15/h1-10H,11-12H2,(H,20,21,22). The van der Waals surface area contributed by atoms with Gasteiger partial charge in [0.15, 0.2) is 11.6 Å². The molecule has 3 aromatic rings. The van der Waals surface area contributed by atoms with Crippen LogP contribution in [0.15, 0.2) is 60.1 Å². The highest BCUT2D eigenvalue weighted by Gasteiger charge is 2.10. The van der Waals surface area contributed by atoms with E-state index in [0.29, 0.717) is 29.6 Å². The van der Waals surface area contributed by atoms with E-state index in [9.17, 15) is 4.79 Å². The van der Waals surface area contributed by atoms with Gasteiger partial charge in [0.1, 0.15) is 6.61 Å². The first-order chi connectivity index (χ1) is 11.7. The summed E-state index contributed by atoms with van der Waals surface area (Å²) >= 11 is 7.52. The van der Waals surface area contributed by atoms with Crippen molar-refractivity contribution >= 4 is 34.7 Å². The van der Waals surface area contributed by atoms with Gasteiger partial charge in [0, 0.05) is 16.1 Å². The number of aromatic nitrogens is 1. The lowest BCUT2D eigenvalue weighted by Crippen LogP contribution is -2.15. The molecular weight excluding hydrogens is 344 g/mol. The lowest BCUT2D eigenvalue weighted by Gasteiger charge is -2.11. The fourth-order valence-electron chi connectivity index (χ4n) is 2.14. The van der Waals surface area contributed by atoms with Crippen LogP contribution in [0.2, 0.25) is 5.02 Å². The van der Waals surface area contributed by atoms with Gasteiger partial charge in [-0.2, -0.15) is 0 Å². The molecule has 1 amide bonds. The van der Waals surface area contributed by atoms with Crippen LogP contribution in [0.25, 0.3) is 0 Å². The third-order valence-corrected chi connectivity index (χ3v) is 4.34. The molecule has 6 heteroatoms. The highest BCUT2D eigenvalue weighted by atomic mass is 35.5. The van der Waals surface area contributed by atoms with Gasteiger partial charge in [0.25, 0.3) is 0 Å². The molecule has 0 bridgehead atoms. The van der Waals surface area contributed by atoms with E-state index in [1.165, 1.54) is 0 Å². The van der Waals surface area contributed by atoms with Gasteiger partial charge in [-0.1, -0.05) is 29.8 Å². The number of carbonyl (C=O) groups excluding carboxylic acids is 1. The van der Waals surface area contributed by atoms with E-state index >= 15 is 0 Å². The van der Waals surface area contributed by atoms with Crippen LogP contribution in [0, 0.1) is 0 Å². The largest absolute Gasteiger partial charge is 0.485 e. The molecule has 0 aliphatic rings. The maximum atomic E-state index is 12.1. The summed E-state index contributed by atoms with van der Waals surface area (Å²) in [5, 5.41) is 5.41. The van der Waals surface area contributed by atoms with E-state index in [4.69, 9.17) is 16.3 Å². The number of anilines is 1. The van der Waals surface area contributed by atoms with Crippen molar-refractivity contribution in [3.05, 3.63) is 75.6 Å². The minimum absolute atomic E-state index is 0.122. The molecular formula is C18H15ClN2O2S. The Morgan fingerprint density at radius 2 is 2.12 bits per heavy atom. The van der Waals surface area contributed by atoms with Crippen molar-refractivity contribution < 1.29 is 9.53 Å². The summed E-state index contributed by atoms with van der Waals surface area (Å²) in [6.07, 6.45) is 1.94. The van der Waals surface area contributed by atoms with Gasteiger partial charge in [0.05, 0.1) is 6.42 Å². The van der Waals surface area contributed by atoms with E-state index in [-0.39, 0.29) is 5.91 Å². The Kier molecular flexibility index (Phi) is 5.46. The first-order valence-electron chi connectivity index (χ1n) is 7.35. The zero-order valence-electron chi connectivity index (χ0n) is 12.7. The Hall–Kier alpha value is -2.37. The second-order valence-electron chi connectivity index (χ2n) is 5.07. The molecule has 24 heavy (non-hydrogen) atoms. The minimum Gasteiger partial charge on any atom is -0.485 e. The monoisotopic (exact) mass is 358 g/mol. The van der Waals surface area contributed by atoms with E-state index in [1.807, 2.05) is 41.8 Å². The molecule has 1 aromatic carbocycles. The summed E-state index contributed by atoms with van der Waals surface area (Å²) in [7, 11) is 0. The summed E-state index contributed by atoms with van der Waals surface area (Å²) in [5.41, 5.74) is 0.946. The SMILES string of the molecule is O=C(Cc1cccs1)Nc1ncccc1OCc1cccc(Cl)c1. The first kappa shape index (κ1) is 16.5. The van der Waals surface area contributed by atoms with E-state index in [1.54, 1.807) is 29.7 Å². The Morgan fingerprint density at radius 3 is 2.92 bits per heavy atom. The molecule has 0 radical (unpaired) electrons. The van der Waals surface area contributed by atoms with Crippen molar-refractivity contribution in [1.29, 1.82) is 0 Å². The van der Waals surface area contributed by atoms with Crippen LogP contribution in [0.5, 0.6) is 5.75 Å². The number of hydrogen-bond donors (Lipinski definition) is 1. The van der Waals surface area contributed by atoms with Crippen molar-refractivity contribution in [3.8, 4) is 5.75 Å². The number of carbonyl (C=O) groups is 1. The lowest BCUT2D eigenvalue weighted by atomic mass is 10.2. The van der Waals surface area contributed by atoms with Gasteiger partial charge < -0.3 is 10.1 Å². The number of hydrogen-bond acceptors (Lipinski definition) is 4. The first-order valence-corrected chi connectivity index (χ1v) is 8.61. The molecule has 0 saturated heterocycles. The maximum Gasteiger partial charge on any atom is 0.230 e. The van der Waals surface area contributed by atoms with Crippen LogP contribution in [0.1, 0.15) is 10.4 Å². The molecule has 1 N–H and O–H groups in total. The second kappa shape index (κ2) is 7.95. The van der Waals surface area contributed by atoms with Crippen molar-refractivity contribution in [3.63, 3.8) is 0 Å². The number of nitrogens with one attached hydrogen (secondary N) is 1. The number of amides is 1. The fourth-order valence-corrected chi connectivity index (χ4v) is 3.05. The molecule has 0 fully saturated rings. The van der Waals surface area contributed by atoms with Crippen LogP contribution in [0.3, 0.4) is 0 Å². The maximum absolute atomic E-state index is 12.1. The van der Waals surface area contributed by atoms with Crippen LogP contribution < -0.4 is 10.1 Å². The van der Waals surface area contributed by atoms with Crippen molar-refractivity contribution in [2.45, 2.75) is 13.0 Å². The molecule has 122 valence electrons. The predicted molar refractivity (Wildman–Crippen MR) is 96.7 cm³/mol. The van der Waals surface area contributed by atoms with Crippen molar-refractivity contribution in [2.24, 2.45) is 0 Å². The smallest absolute Gasteiger partial charge is 0.230 e. The van der Waals surface area contributed by atoms with Crippen LogP contribution in [-0.2, 0) is 17.8 Å². The topological polar surface area (TPSA) is 51.2 Å². The number of nitrogens with zero attached hydrogens (tertiary/aromatic N) is 1. The molecule has 4 nitrogen and oxygen atoms in total. The zero-order chi connectivity index (χ0) is 16.8. The number of ether oxygens (including phenoxy) is 1. The quantitative estimate of drug-likeness (QED) is 0.703. The molecule has 2 heterocycles. The van der Waals surface area contributed by atoms with Crippen molar-refractivity contribution in [1.82, 2.24) is 4.98 Å². The number of thiophene rings is 1. The number of pyridine rings is 1. The number of halogens is 1. The molecule has 0 aliphatic heterocycles. The molecule has 0 aliphatic carbocycles. The van der Waals surface area contributed by atoms with Crippen LogP contribution >= 0.6 is 22.9 Å². The molecule has 3 rings (SSSR count). The number of rotatable bonds is 6. The third-order valence-electron chi connectivity index (χ3n) is 3.23. The van der Waals surface area contributed by atoms with E-state index in [2.05, 4.69) is 10.3 Å². The average Bonchev–Trinajstić information content (AvgIpc) is 3.07. The van der Waals surface area contributed by atoms with E-state index in [0.717, 1.165) is 10.4 Å². The molecule has 0 spiro atoms. The molecule has 0 saturated carbocycles. The van der Waals surface area contributed by atoms with Gasteiger partial charge in [-0.05, 0) is 41.3 Å². The Balaban J connectivity index is 1.65. The van der Waals surface area contributed by atoms with Gasteiger partial charge in [0.2, 0.25) is 5.91 Å². The van der Waals surface area contributed by atoms with Gasteiger partial charge >= 0.3 is 0 Å². The second-order valence-corrected chi connectivity index (χ2v) is 6.54. The van der Waals surface area contributed by atoms with Crippen LogP contribution in [0.4, 0.5) is 5.82 Å². The Bertz CT molecular complexity index is 821. The highest BCUT2D eigenvalue weighted by molar-refractivity contribution is 7.10. The minimum atomic E-state index is -0.122. The molecule has 2 aromatic heterocycles. The van der Waals surface area contributed by atoms with E-state index < -0.39 is 0 Å². The Morgan fingerprint density at radius 1 is 1.21 bits per heavy atom. The summed E-state index contributed by atoms with van der Waals surface area (Å²) in [4.78, 5) is 17.3. The van der Waals surface area contributed by atoms with Crippen LogP contribution in [-0.4, -0.2) is 10.9 Å². The fraction of sp³-hybridized carbons (Fsp3) is 0.111. The molecule has 0 unspecified atom stereocenters. The molecule has 0 atom stereocenters. The summed E-state index contributed by atoms with van der Waals surface area (Å²) in [6.45, 7) is 0.347. The number of benzene rings is 1. The average molecular weight is 359 g/mol.